The average Bonchev–Trinajstić information content (AvgIpc) is 2.47. The molecule has 96 valence electrons. The molecule has 0 unspecified atom stereocenters. The smallest absolute Gasteiger partial charge is 0.213 e. The van der Waals surface area contributed by atoms with Crippen LogP contribution in [0.5, 0.6) is 5.88 Å². The predicted molar refractivity (Wildman–Crippen MR) is 79.7 cm³/mol. The van der Waals surface area contributed by atoms with E-state index in [9.17, 15) is 0 Å². The summed E-state index contributed by atoms with van der Waals surface area (Å²) in [4.78, 5) is 4.57. The van der Waals surface area contributed by atoms with E-state index < -0.39 is 0 Å². The highest BCUT2D eigenvalue weighted by atomic mass is 16.5. The molecule has 0 amide bonds. The van der Waals surface area contributed by atoms with E-state index in [2.05, 4.69) is 54.4 Å². The minimum Gasteiger partial charge on any atom is -0.478 e. The highest BCUT2D eigenvalue weighted by Crippen LogP contribution is 2.25. The number of ether oxygens (including phenoxy) is 1. The molecule has 2 nitrogen and oxygen atoms in total. The molecule has 3 aromatic rings. The first-order valence-corrected chi connectivity index (χ1v) is 6.80. The molecule has 0 aliphatic rings. The normalized spacial score (nSPS) is 11.0. The van der Waals surface area contributed by atoms with Crippen molar-refractivity contribution in [2.75, 3.05) is 6.61 Å². The first-order valence-electron chi connectivity index (χ1n) is 6.80. The second kappa shape index (κ2) is 5.27. The molecular formula is C17H17NO. The van der Waals surface area contributed by atoms with E-state index in [1.54, 1.807) is 0 Å². The Morgan fingerprint density at radius 1 is 0.947 bits per heavy atom. The van der Waals surface area contributed by atoms with E-state index in [1.165, 1.54) is 16.2 Å². The summed E-state index contributed by atoms with van der Waals surface area (Å²) < 4.78 is 5.66. The number of fused-ring (bicyclic) bond motifs is 3. The molecular weight excluding hydrogens is 234 g/mol. The fourth-order valence-electron chi connectivity index (χ4n) is 2.27. The molecule has 0 aliphatic heterocycles. The quantitative estimate of drug-likeness (QED) is 0.500. The van der Waals surface area contributed by atoms with Gasteiger partial charge in [-0.15, -0.1) is 0 Å². The Bertz CT molecular complexity index is 706. The lowest BCUT2D eigenvalue weighted by molar-refractivity contribution is 0.299. The lowest BCUT2D eigenvalue weighted by atomic mass is 10.1. The Hall–Kier alpha value is -2.09. The van der Waals surface area contributed by atoms with E-state index in [0.717, 1.165) is 30.8 Å². The highest BCUT2D eigenvalue weighted by molar-refractivity contribution is 6.06. The standard InChI is InChI=1S/C17H17NO/c1-2-3-12-19-17-11-9-15-14-7-5-4-6-13(14)8-10-16(15)18-17/h4-11H,2-3,12H2,1H3. The number of pyridine rings is 1. The summed E-state index contributed by atoms with van der Waals surface area (Å²) in [5, 5.41) is 3.67. The molecule has 2 heteroatoms. The number of hydrogen-bond acceptors (Lipinski definition) is 2. The topological polar surface area (TPSA) is 22.1 Å². The Morgan fingerprint density at radius 3 is 2.74 bits per heavy atom. The minimum atomic E-state index is 0.719. The Kier molecular flexibility index (Phi) is 3.32. The van der Waals surface area contributed by atoms with Gasteiger partial charge in [0.1, 0.15) is 0 Å². The van der Waals surface area contributed by atoms with Gasteiger partial charge >= 0.3 is 0 Å². The predicted octanol–water partition coefficient (Wildman–Crippen LogP) is 4.57. The van der Waals surface area contributed by atoms with Gasteiger partial charge in [0.25, 0.3) is 0 Å². The lowest BCUT2D eigenvalue weighted by Gasteiger charge is -2.07. The van der Waals surface area contributed by atoms with Crippen LogP contribution in [0.2, 0.25) is 0 Å². The van der Waals surface area contributed by atoms with Crippen molar-refractivity contribution >= 4 is 21.7 Å². The second-order valence-corrected chi connectivity index (χ2v) is 4.70. The molecule has 0 bridgehead atoms. The summed E-state index contributed by atoms with van der Waals surface area (Å²) in [6.07, 6.45) is 2.20. The molecule has 19 heavy (non-hydrogen) atoms. The van der Waals surface area contributed by atoms with E-state index in [0.29, 0.717) is 0 Å². The van der Waals surface area contributed by atoms with Crippen molar-refractivity contribution in [2.24, 2.45) is 0 Å². The molecule has 0 saturated carbocycles. The summed E-state index contributed by atoms with van der Waals surface area (Å²) in [6, 6.07) is 16.6. The number of hydrogen-bond donors (Lipinski definition) is 0. The van der Waals surface area contributed by atoms with Gasteiger partial charge in [0.15, 0.2) is 0 Å². The van der Waals surface area contributed by atoms with Crippen LogP contribution in [0.15, 0.2) is 48.5 Å². The van der Waals surface area contributed by atoms with Crippen molar-refractivity contribution in [1.82, 2.24) is 4.98 Å². The van der Waals surface area contributed by atoms with Crippen molar-refractivity contribution in [2.45, 2.75) is 19.8 Å². The van der Waals surface area contributed by atoms with Crippen LogP contribution in [-0.2, 0) is 0 Å². The summed E-state index contributed by atoms with van der Waals surface area (Å²) in [5.74, 6) is 0.719. The van der Waals surface area contributed by atoms with Gasteiger partial charge in [-0.3, -0.25) is 0 Å². The monoisotopic (exact) mass is 251 g/mol. The van der Waals surface area contributed by atoms with Crippen LogP contribution in [0.25, 0.3) is 21.7 Å². The van der Waals surface area contributed by atoms with Crippen LogP contribution in [0.3, 0.4) is 0 Å². The largest absolute Gasteiger partial charge is 0.478 e. The average molecular weight is 251 g/mol. The SMILES string of the molecule is CCCCOc1ccc2c(ccc3ccccc32)n1. The first kappa shape index (κ1) is 12.0. The van der Waals surface area contributed by atoms with E-state index in [-0.39, 0.29) is 0 Å². The third kappa shape index (κ3) is 2.39. The molecule has 0 N–H and O–H groups in total. The van der Waals surface area contributed by atoms with E-state index in [1.807, 2.05) is 6.07 Å². The Labute approximate surface area is 113 Å². The first-order chi connectivity index (χ1) is 9.38. The van der Waals surface area contributed by atoms with Gasteiger partial charge in [0, 0.05) is 11.5 Å². The molecule has 0 atom stereocenters. The van der Waals surface area contributed by atoms with Crippen LogP contribution >= 0.6 is 0 Å². The molecule has 0 aliphatic carbocycles. The van der Waals surface area contributed by atoms with Crippen molar-refractivity contribution in [1.29, 1.82) is 0 Å². The second-order valence-electron chi connectivity index (χ2n) is 4.70. The number of nitrogens with zero attached hydrogens (tertiary/aromatic N) is 1. The molecule has 1 aromatic heterocycles. The maximum absolute atomic E-state index is 5.66. The summed E-state index contributed by atoms with van der Waals surface area (Å²) in [7, 11) is 0. The number of unbranched alkanes of at least 4 members (excludes halogenated alkanes) is 1. The number of aromatic nitrogens is 1. The van der Waals surface area contributed by atoms with Crippen molar-refractivity contribution in [3.05, 3.63) is 48.5 Å². The van der Waals surface area contributed by atoms with Gasteiger partial charge in [0.2, 0.25) is 5.88 Å². The molecule has 1 heterocycles. The van der Waals surface area contributed by atoms with Crippen LogP contribution in [0, 0.1) is 0 Å². The zero-order chi connectivity index (χ0) is 13.1. The van der Waals surface area contributed by atoms with Crippen LogP contribution in [0.4, 0.5) is 0 Å². The van der Waals surface area contributed by atoms with Gasteiger partial charge in [-0.05, 0) is 29.3 Å². The summed E-state index contributed by atoms with van der Waals surface area (Å²) in [5.41, 5.74) is 0.993. The third-order valence-corrected chi connectivity index (χ3v) is 3.32. The van der Waals surface area contributed by atoms with Crippen molar-refractivity contribution < 1.29 is 4.74 Å². The van der Waals surface area contributed by atoms with Gasteiger partial charge in [-0.1, -0.05) is 43.7 Å². The van der Waals surface area contributed by atoms with Gasteiger partial charge in [-0.2, -0.15) is 0 Å². The van der Waals surface area contributed by atoms with Crippen LogP contribution < -0.4 is 4.74 Å². The zero-order valence-corrected chi connectivity index (χ0v) is 11.1. The molecule has 0 fully saturated rings. The van der Waals surface area contributed by atoms with Crippen LogP contribution in [0.1, 0.15) is 19.8 Å². The van der Waals surface area contributed by atoms with Gasteiger partial charge in [0.05, 0.1) is 12.1 Å². The van der Waals surface area contributed by atoms with Gasteiger partial charge < -0.3 is 4.74 Å². The van der Waals surface area contributed by atoms with E-state index >= 15 is 0 Å². The molecule has 2 aromatic carbocycles. The van der Waals surface area contributed by atoms with Crippen LogP contribution in [-0.4, -0.2) is 11.6 Å². The fourth-order valence-corrected chi connectivity index (χ4v) is 2.27. The number of benzene rings is 2. The molecule has 3 rings (SSSR count). The van der Waals surface area contributed by atoms with Crippen molar-refractivity contribution in [3.8, 4) is 5.88 Å². The van der Waals surface area contributed by atoms with Gasteiger partial charge in [-0.25, -0.2) is 4.98 Å². The highest BCUT2D eigenvalue weighted by Gasteiger charge is 2.03. The molecule has 0 radical (unpaired) electrons. The fraction of sp³-hybridized carbons (Fsp3) is 0.235. The third-order valence-electron chi connectivity index (χ3n) is 3.32. The zero-order valence-electron chi connectivity index (χ0n) is 11.1. The lowest BCUT2D eigenvalue weighted by Crippen LogP contribution is -1.98. The Balaban J connectivity index is 2.02. The van der Waals surface area contributed by atoms with Crippen molar-refractivity contribution in [3.63, 3.8) is 0 Å². The maximum atomic E-state index is 5.66. The minimum absolute atomic E-state index is 0.719. The maximum Gasteiger partial charge on any atom is 0.213 e. The van der Waals surface area contributed by atoms with E-state index in [4.69, 9.17) is 4.74 Å². The number of rotatable bonds is 4. The Morgan fingerprint density at radius 2 is 1.84 bits per heavy atom. The molecule has 0 saturated heterocycles. The summed E-state index contributed by atoms with van der Waals surface area (Å²) >= 11 is 0. The molecule has 0 spiro atoms. The summed E-state index contributed by atoms with van der Waals surface area (Å²) in [6.45, 7) is 2.89.